The molecule has 2 heteroatoms. The van der Waals surface area contributed by atoms with Crippen LogP contribution in [-0.2, 0) is 5.41 Å². The zero-order valence-corrected chi connectivity index (χ0v) is 27.5. The molecule has 0 aliphatic carbocycles. The first-order valence-corrected chi connectivity index (χ1v) is 17.1. The first-order chi connectivity index (χ1) is 24.8. The zero-order chi connectivity index (χ0) is 33.3. The molecule has 0 saturated carbocycles. The van der Waals surface area contributed by atoms with E-state index in [2.05, 4.69) is 199 Å². The molecule has 9 rings (SSSR count). The summed E-state index contributed by atoms with van der Waals surface area (Å²) in [7, 11) is 0. The molecule has 0 amide bonds. The van der Waals surface area contributed by atoms with Crippen molar-refractivity contribution < 1.29 is 0 Å². The third kappa shape index (κ3) is 4.93. The molecule has 2 heterocycles. The SMILES string of the molecule is c1ccc(-c2cc(-c3ccc(N4c5ccccc5C(c5ccccc5)(c5ccccc5)c5ccccc54)cc3)cc(-c3ccccc3)n2)cc1. The van der Waals surface area contributed by atoms with Crippen molar-refractivity contribution in [1.82, 2.24) is 4.98 Å². The fourth-order valence-electron chi connectivity index (χ4n) is 7.70. The van der Waals surface area contributed by atoms with Gasteiger partial charge in [0.05, 0.1) is 28.2 Å². The number of anilines is 3. The number of aromatic nitrogens is 1. The van der Waals surface area contributed by atoms with Gasteiger partial charge < -0.3 is 4.90 Å². The van der Waals surface area contributed by atoms with Crippen molar-refractivity contribution in [2.24, 2.45) is 0 Å². The highest BCUT2D eigenvalue weighted by atomic mass is 15.2. The summed E-state index contributed by atoms with van der Waals surface area (Å²) < 4.78 is 0. The summed E-state index contributed by atoms with van der Waals surface area (Å²) in [4.78, 5) is 7.52. The van der Waals surface area contributed by atoms with Crippen LogP contribution < -0.4 is 4.90 Å². The van der Waals surface area contributed by atoms with Crippen LogP contribution in [0.3, 0.4) is 0 Å². The maximum absolute atomic E-state index is 5.10. The molecule has 0 spiro atoms. The van der Waals surface area contributed by atoms with Crippen LogP contribution in [0.25, 0.3) is 33.6 Å². The zero-order valence-electron chi connectivity index (χ0n) is 27.5. The summed E-state index contributed by atoms with van der Waals surface area (Å²) in [5, 5.41) is 0. The van der Waals surface area contributed by atoms with Gasteiger partial charge in [-0.25, -0.2) is 4.98 Å². The smallest absolute Gasteiger partial charge is 0.0742 e. The highest BCUT2D eigenvalue weighted by Gasteiger charge is 2.46. The predicted molar refractivity (Wildman–Crippen MR) is 207 cm³/mol. The maximum atomic E-state index is 5.10. The Hall–Kier alpha value is -6.51. The molecule has 0 fully saturated rings. The van der Waals surface area contributed by atoms with Crippen LogP contribution in [0, 0.1) is 0 Å². The standard InChI is InChI=1S/C48H34N2/c1-5-17-36(18-6-1)44-33-38(34-45(49-44)37-19-7-2-8-20-37)35-29-31-41(32-30-35)50-46-27-15-13-25-42(46)48(39-21-9-3-10-22-39,40-23-11-4-12-24-40)43-26-14-16-28-47(43)50/h1-34H. The lowest BCUT2D eigenvalue weighted by Gasteiger charge is -2.46. The first-order valence-electron chi connectivity index (χ1n) is 17.1. The first kappa shape index (κ1) is 29.6. The minimum atomic E-state index is -0.481. The number of benzene rings is 7. The highest BCUT2D eigenvalue weighted by Crippen LogP contribution is 2.57. The number of para-hydroxylation sites is 2. The molecule has 0 radical (unpaired) electrons. The summed E-state index contributed by atoms with van der Waals surface area (Å²) in [5.41, 5.74) is 14.4. The van der Waals surface area contributed by atoms with Crippen LogP contribution in [-0.4, -0.2) is 4.98 Å². The third-order valence-corrected chi connectivity index (χ3v) is 9.93. The van der Waals surface area contributed by atoms with Crippen molar-refractivity contribution >= 4 is 17.1 Å². The fraction of sp³-hybridized carbons (Fsp3) is 0.0208. The molecule has 0 unspecified atom stereocenters. The summed E-state index contributed by atoms with van der Waals surface area (Å²) in [6, 6.07) is 74.0. The van der Waals surface area contributed by atoms with Gasteiger partial charge >= 0.3 is 0 Å². The van der Waals surface area contributed by atoms with E-state index in [1.54, 1.807) is 0 Å². The summed E-state index contributed by atoms with van der Waals surface area (Å²) in [6.45, 7) is 0. The molecule has 236 valence electrons. The largest absolute Gasteiger partial charge is 0.310 e. The van der Waals surface area contributed by atoms with E-state index in [0.717, 1.165) is 39.3 Å². The molecular formula is C48H34N2. The number of hydrogen-bond donors (Lipinski definition) is 0. The predicted octanol–water partition coefficient (Wildman–Crippen LogP) is 12.2. The molecule has 1 aliphatic heterocycles. The highest BCUT2D eigenvalue weighted by molar-refractivity contribution is 5.90. The minimum Gasteiger partial charge on any atom is -0.310 e. The van der Waals surface area contributed by atoms with Gasteiger partial charge in [-0.1, -0.05) is 170 Å². The fourth-order valence-corrected chi connectivity index (χ4v) is 7.70. The van der Waals surface area contributed by atoms with E-state index in [1.165, 1.54) is 33.6 Å². The summed E-state index contributed by atoms with van der Waals surface area (Å²) in [5.74, 6) is 0. The summed E-state index contributed by atoms with van der Waals surface area (Å²) in [6.07, 6.45) is 0. The van der Waals surface area contributed by atoms with Gasteiger partial charge in [-0.3, -0.25) is 0 Å². The van der Waals surface area contributed by atoms with E-state index in [0.29, 0.717) is 0 Å². The average Bonchev–Trinajstić information content (AvgIpc) is 3.21. The van der Waals surface area contributed by atoms with Gasteiger partial charge in [0.15, 0.2) is 0 Å². The molecule has 1 aromatic heterocycles. The van der Waals surface area contributed by atoms with Crippen molar-refractivity contribution in [3.63, 3.8) is 0 Å². The monoisotopic (exact) mass is 638 g/mol. The van der Waals surface area contributed by atoms with Gasteiger partial charge in [-0.05, 0) is 69.8 Å². The van der Waals surface area contributed by atoms with Crippen LogP contribution in [0.4, 0.5) is 17.1 Å². The third-order valence-electron chi connectivity index (χ3n) is 9.93. The van der Waals surface area contributed by atoms with Crippen molar-refractivity contribution in [3.8, 4) is 33.6 Å². The summed E-state index contributed by atoms with van der Waals surface area (Å²) >= 11 is 0. The van der Waals surface area contributed by atoms with Gasteiger partial charge in [0.2, 0.25) is 0 Å². The van der Waals surface area contributed by atoms with E-state index in [1.807, 2.05) is 12.1 Å². The number of pyridine rings is 1. The molecule has 7 aromatic carbocycles. The Bertz CT molecular complexity index is 2260. The Labute approximate surface area is 293 Å². The van der Waals surface area contributed by atoms with Gasteiger partial charge in [0.1, 0.15) is 0 Å². The minimum absolute atomic E-state index is 0.481. The lowest BCUT2D eigenvalue weighted by molar-refractivity contribution is 0.731. The van der Waals surface area contributed by atoms with Crippen LogP contribution >= 0.6 is 0 Å². The number of rotatable bonds is 6. The van der Waals surface area contributed by atoms with Gasteiger partial charge in [-0.2, -0.15) is 0 Å². The molecule has 8 aromatic rings. The normalized spacial score (nSPS) is 12.9. The molecule has 50 heavy (non-hydrogen) atoms. The molecule has 0 N–H and O–H groups in total. The molecular weight excluding hydrogens is 605 g/mol. The van der Waals surface area contributed by atoms with Crippen LogP contribution in [0.15, 0.2) is 206 Å². The van der Waals surface area contributed by atoms with Crippen LogP contribution in [0.1, 0.15) is 22.3 Å². The van der Waals surface area contributed by atoms with Gasteiger partial charge in [-0.15, -0.1) is 0 Å². The average molecular weight is 639 g/mol. The van der Waals surface area contributed by atoms with E-state index < -0.39 is 5.41 Å². The van der Waals surface area contributed by atoms with Gasteiger partial charge in [0, 0.05) is 16.8 Å². The molecule has 0 bridgehead atoms. The maximum Gasteiger partial charge on any atom is 0.0742 e. The molecule has 2 nitrogen and oxygen atoms in total. The Morgan fingerprint density at radius 2 is 0.740 bits per heavy atom. The van der Waals surface area contributed by atoms with Crippen molar-refractivity contribution in [2.45, 2.75) is 5.41 Å². The van der Waals surface area contributed by atoms with Crippen molar-refractivity contribution in [1.29, 1.82) is 0 Å². The second-order valence-electron chi connectivity index (χ2n) is 12.8. The Morgan fingerprint density at radius 3 is 1.20 bits per heavy atom. The number of hydrogen-bond acceptors (Lipinski definition) is 2. The second-order valence-corrected chi connectivity index (χ2v) is 12.8. The molecule has 0 atom stereocenters. The van der Waals surface area contributed by atoms with E-state index in [9.17, 15) is 0 Å². The Morgan fingerprint density at radius 1 is 0.340 bits per heavy atom. The topological polar surface area (TPSA) is 16.1 Å². The van der Waals surface area contributed by atoms with E-state index in [4.69, 9.17) is 4.98 Å². The van der Waals surface area contributed by atoms with Crippen molar-refractivity contribution in [2.75, 3.05) is 4.90 Å². The van der Waals surface area contributed by atoms with E-state index >= 15 is 0 Å². The van der Waals surface area contributed by atoms with Gasteiger partial charge in [0.25, 0.3) is 0 Å². The lowest BCUT2D eigenvalue weighted by atomic mass is 9.62. The van der Waals surface area contributed by atoms with Crippen LogP contribution in [0.5, 0.6) is 0 Å². The molecule has 0 saturated heterocycles. The number of nitrogens with zero attached hydrogens (tertiary/aromatic N) is 2. The number of fused-ring (bicyclic) bond motifs is 2. The van der Waals surface area contributed by atoms with Crippen LogP contribution in [0.2, 0.25) is 0 Å². The lowest BCUT2D eigenvalue weighted by Crippen LogP contribution is -2.37. The quantitative estimate of drug-likeness (QED) is 0.180. The molecule has 1 aliphatic rings. The second kappa shape index (κ2) is 12.5. The Balaban J connectivity index is 1.20. The van der Waals surface area contributed by atoms with E-state index in [-0.39, 0.29) is 0 Å². The Kier molecular flexibility index (Phi) is 7.40. The van der Waals surface area contributed by atoms with Crippen molar-refractivity contribution in [3.05, 3.63) is 229 Å².